The summed E-state index contributed by atoms with van der Waals surface area (Å²) in [7, 11) is 1.74. The zero-order valence-electron chi connectivity index (χ0n) is 8.98. The highest BCUT2D eigenvalue weighted by molar-refractivity contribution is 5.85. The second-order valence-corrected chi connectivity index (χ2v) is 3.81. The topological polar surface area (TPSA) is 21.3 Å². The molecule has 1 N–H and O–H groups in total. The minimum atomic E-state index is 0. The standard InChI is InChI=1S/C12H17NO.ClH/c1-14-8-7-13-12-9-11(12)10-5-3-2-4-6-10;/h2-6,11-13H,7-9H2,1H3;1H/t11?,12-;/m0./s1. The Labute approximate surface area is 97.4 Å². The molecule has 2 rings (SSSR count). The maximum Gasteiger partial charge on any atom is 0.0587 e. The maximum absolute atomic E-state index is 5.00. The van der Waals surface area contributed by atoms with Crippen molar-refractivity contribution in [2.24, 2.45) is 0 Å². The highest BCUT2D eigenvalue weighted by Crippen LogP contribution is 2.40. The SMILES string of the molecule is COCCN[C@H]1CC1c1ccccc1.Cl. The molecule has 0 aliphatic heterocycles. The van der Waals surface area contributed by atoms with Gasteiger partial charge < -0.3 is 10.1 Å². The molecule has 0 aromatic heterocycles. The Hall–Kier alpha value is -0.570. The van der Waals surface area contributed by atoms with Gasteiger partial charge in [0.25, 0.3) is 0 Å². The fourth-order valence-corrected chi connectivity index (χ4v) is 1.84. The van der Waals surface area contributed by atoms with Crippen LogP contribution < -0.4 is 5.32 Å². The normalized spacial score (nSPS) is 23.3. The van der Waals surface area contributed by atoms with Crippen molar-refractivity contribution >= 4 is 12.4 Å². The summed E-state index contributed by atoms with van der Waals surface area (Å²) >= 11 is 0. The van der Waals surface area contributed by atoms with Gasteiger partial charge in [-0.3, -0.25) is 0 Å². The van der Waals surface area contributed by atoms with E-state index in [1.807, 2.05) is 0 Å². The second kappa shape index (κ2) is 6.11. The molecule has 3 heteroatoms. The van der Waals surface area contributed by atoms with Gasteiger partial charge in [-0.25, -0.2) is 0 Å². The Balaban J connectivity index is 0.00000112. The van der Waals surface area contributed by atoms with Gasteiger partial charge in [0.2, 0.25) is 0 Å². The molecule has 2 nitrogen and oxygen atoms in total. The Morgan fingerprint density at radius 1 is 1.33 bits per heavy atom. The summed E-state index contributed by atoms with van der Waals surface area (Å²) in [5, 5.41) is 3.48. The highest BCUT2D eigenvalue weighted by atomic mass is 35.5. The average molecular weight is 228 g/mol. The summed E-state index contributed by atoms with van der Waals surface area (Å²) in [6, 6.07) is 11.4. The lowest BCUT2D eigenvalue weighted by Crippen LogP contribution is -2.22. The third kappa shape index (κ3) is 3.49. The number of hydrogen-bond acceptors (Lipinski definition) is 2. The molecule has 1 aliphatic carbocycles. The second-order valence-electron chi connectivity index (χ2n) is 3.81. The van der Waals surface area contributed by atoms with Crippen LogP contribution in [0.4, 0.5) is 0 Å². The van der Waals surface area contributed by atoms with Crippen molar-refractivity contribution in [2.45, 2.75) is 18.4 Å². The smallest absolute Gasteiger partial charge is 0.0587 e. The van der Waals surface area contributed by atoms with Gasteiger partial charge >= 0.3 is 0 Å². The molecule has 1 saturated carbocycles. The van der Waals surface area contributed by atoms with Crippen molar-refractivity contribution in [3.63, 3.8) is 0 Å². The van der Waals surface area contributed by atoms with Gasteiger partial charge in [-0.15, -0.1) is 12.4 Å². The van der Waals surface area contributed by atoms with Crippen LogP contribution in [0.3, 0.4) is 0 Å². The molecule has 1 unspecified atom stereocenters. The minimum absolute atomic E-state index is 0. The molecule has 1 aromatic rings. The van der Waals surface area contributed by atoms with E-state index in [2.05, 4.69) is 35.6 Å². The molecule has 0 heterocycles. The fraction of sp³-hybridized carbons (Fsp3) is 0.500. The molecule has 2 atom stereocenters. The molecule has 1 fully saturated rings. The van der Waals surface area contributed by atoms with Gasteiger partial charge in [0.05, 0.1) is 6.61 Å². The van der Waals surface area contributed by atoms with Crippen LogP contribution in [-0.2, 0) is 4.74 Å². The van der Waals surface area contributed by atoms with Crippen molar-refractivity contribution in [2.75, 3.05) is 20.3 Å². The van der Waals surface area contributed by atoms with E-state index in [-0.39, 0.29) is 12.4 Å². The zero-order chi connectivity index (χ0) is 9.80. The molecule has 84 valence electrons. The zero-order valence-corrected chi connectivity index (χ0v) is 9.80. The van der Waals surface area contributed by atoms with E-state index in [4.69, 9.17) is 4.74 Å². The van der Waals surface area contributed by atoms with Gasteiger partial charge in [0, 0.05) is 25.6 Å². The van der Waals surface area contributed by atoms with E-state index < -0.39 is 0 Å². The minimum Gasteiger partial charge on any atom is -0.383 e. The number of hydrogen-bond donors (Lipinski definition) is 1. The maximum atomic E-state index is 5.00. The number of rotatable bonds is 5. The first kappa shape index (κ1) is 12.5. The lowest BCUT2D eigenvalue weighted by molar-refractivity contribution is 0.199. The summed E-state index contributed by atoms with van der Waals surface area (Å²) in [5.74, 6) is 0.730. The Morgan fingerprint density at radius 2 is 2.07 bits per heavy atom. The van der Waals surface area contributed by atoms with Crippen molar-refractivity contribution in [3.05, 3.63) is 35.9 Å². The monoisotopic (exact) mass is 227 g/mol. The number of ether oxygens (including phenoxy) is 1. The summed E-state index contributed by atoms with van der Waals surface area (Å²) in [6.45, 7) is 1.77. The lowest BCUT2D eigenvalue weighted by Gasteiger charge is -2.02. The summed E-state index contributed by atoms with van der Waals surface area (Å²) in [4.78, 5) is 0. The average Bonchev–Trinajstić information content (AvgIpc) is 2.99. The summed E-state index contributed by atoms with van der Waals surface area (Å²) in [6.07, 6.45) is 1.27. The quantitative estimate of drug-likeness (QED) is 0.779. The van der Waals surface area contributed by atoms with Crippen LogP contribution in [0, 0.1) is 0 Å². The Morgan fingerprint density at radius 3 is 2.73 bits per heavy atom. The Kier molecular flexibility index (Phi) is 5.09. The van der Waals surface area contributed by atoms with Gasteiger partial charge in [0.15, 0.2) is 0 Å². The molecular formula is C12H18ClNO. The molecule has 0 spiro atoms. The van der Waals surface area contributed by atoms with Crippen LogP contribution in [0.1, 0.15) is 17.9 Å². The molecule has 15 heavy (non-hydrogen) atoms. The Bertz CT molecular complexity index is 278. The van der Waals surface area contributed by atoms with Crippen molar-refractivity contribution in [3.8, 4) is 0 Å². The molecule has 0 saturated heterocycles. The van der Waals surface area contributed by atoms with E-state index in [0.29, 0.717) is 6.04 Å². The predicted molar refractivity (Wildman–Crippen MR) is 64.7 cm³/mol. The first-order chi connectivity index (χ1) is 6.92. The van der Waals surface area contributed by atoms with Crippen LogP contribution in [0.5, 0.6) is 0 Å². The predicted octanol–water partition coefficient (Wildman–Crippen LogP) is 2.20. The van der Waals surface area contributed by atoms with E-state index in [1.165, 1.54) is 12.0 Å². The van der Waals surface area contributed by atoms with E-state index in [0.717, 1.165) is 19.1 Å². The van der Waals surface area contributed by atoms with Gasteiger partial charge in [-0.1, -0.05) is 30.3 Å². The van der Waals surface area contributed by atoms with Crippen LogP contribution in [0.2, 0.25) is 0 Å². The van der Waals surface area contributed by atoms with E-state index in [9.17, 15) is 0 Å². The van der Waals surface area contributed by atoms with Gasteiger partial charge in [0.1, 0.15) is 0 Å². The molecule has 1 aliphatic rings. The van der Waals surface area contributed by atoms with E-state index in [1.54, 1.807) is 7.11 Å². The lowest BCUT2D eigenvalue weighted by atomic mass is 10.1. The number of benzene rings is 1. The molecular weight excluding hydrogens is 210 g/mol. The van der Waals surface area contributed by atoms with Gasteiger partial charge in [-0.2, -0.15) is 0 Å². The van der Waals surface area contributed by atoms with Crippen LogP contribution in [0.15, 0.2) is 30.3 Å². The first-order valence-electron chi connectivity index (χ1n) is 5.19. The molecule has 1 aromatic carbocycles. The third-order valence-corrected chi connectivity index (χ3v) is 2.73. The van der Waals surface area contributed by atoms with E-state index >= 15 is 0 Å². The molecule has 0 amide bonds. The third-order valence-electron chi connectivity index (χ3n) is 2.73. The molecule has 0 bridgehead atoms. The van der Waals surface area contributed by atoms with Crippen LogP contribution in [-0.4, -0.2) is 26.3 Å². The van der Waals surface area contributed by atoms with Crippen molar-refractivity contribution < 1.29 is 4.74 Å². The fourth-order valence-electron chi connectivity index (χ4n) is 1.84. The van der Waals surface area contributed by atoms with Crippen molar-refractivity contribution in [1.29, 1.82) is 0 Å². The van der Waals surface area contributed by atoms with Gasteiger partial charge in [-0.05, 0) is 12.0 Å². The first-order valence-corrected chi connectivity index (χ1v) is 5.19. The van der Waals surface area contributed by atoms with Crippen molar-refractivity contribution in [1.82, 2.24) is 5.32 Å². The van der Waals surface area contributed by atoms with Crippen LogP contribution >= 0.6 is 12.4 Å². The molecule has 0 radical (unpaired) electrons. The number of nitrogens with one attached hydrogen (secondary N) is 1. The number of methoxy groups -OCH3 is 1. The highest BCUT2D eigenvalue weighted by Gasteiger charge is 2.37. The largest absolute Gasteiger partial charge is 0.383 e. The van der Waals surface area contributed by atoms with Crippen LogP contribution in [0.25, 0.3) is 0 Å². The summed E-state index contributed by atoms with van der Waals surface area (Å²) < 4.78 is 5.00. The number of halogens is 1. The summed E-state index contributed by atoms with van der Waals surface area (Å²) in [5.41, 5.74) is 1.46.